The first-order valence-corrected chi connectivity index (χ1v) is 0.508. The Morgan fingerprint density at radius 1 is 1.20 bits per heavy atom. The first kappa shape index (κ1) is 22.8. The van der Waals surface area contributed by atoms with Gasteiger partial charge in [0.05, 0.1) is 0 Å². The van der Waals surface area contributed by atoms with Crippen LogP contribution in [0.1, 0.15) is 0 Å². The molecule has 5 heavy (non-hydrogen) atoms. The summed E-state index contributed by atoms with van der Waals surface area (Å²) in [5, 5.41) is 0. The molecule has 0 bridgehead atoms. The molecule has 0 amide bonds. The van der Waals surface area contributed by atoms with Crippen molar-refractivity contribution >= 4 is 86.6 Å². The van der Waals surface area contributed by atoms with E-state index in [0.717, 1.165) is 0 Å². The fourth-order valence-electron chi connectivity index (χ4n) is 0. The Hall–Kier alpha value is 4.25. The summed E-state index contributed by atoms with van der Waals surface area (Å²) >= 11 is 2.94. The van der Waals surface area contributed by atoms with Crippen molar-refractivity contribution in [1.82, 2.24) is 0 Å². The van der Waals surface area contributed by atoms with Gasteiger partial charge in [0.2, 0.25) is 0 Å². The van der Waals surface area contributed by atoms with Crippen molar-refractivity contribution in [3.05, 3.63) is 0 Å². The van der Waals surface area contributed by atoms with Crippen LogP contribution >= 0.6 is 0 Å². The number of hydrogen-bond acceptors (Lipinski definition) is 1. The van der Waals surface area contributed by atoms with Crippen molar-refractivity contribution in [2.45, 2.75) is 0 Å². The zero-order chi connectivity index (χ0) is 2.00. The van der Waals surface area contributed by atoms with E-state index in [1.807, 2.05) is 0 Å². The second-order valence-electron chi connectivity index (χ2n) is 0. The molecule has 0 aliphatic carbocycles. The van der Waals surface area contributed by atoms with E-state index in [0.29, 0.717) is 0 Å². The van der Waals surface area contributed by atoms with Crippen LogP contribution in [0.5, 0.6) is 0 Å². The van der Waals surface area contributed by atoms with Crippen molar-refractivity contribution in [3.8, 4) is 0 Å². The second kappa shape index (κ2) is 24.0. The number of rotatable bonds is 0. The zero-order valence-corrected chi connectivity index (χ0v) is 13.1. The molecule has 0 fully saturated rings. The van der Waals surface area contributed by atoms with Crippen LogP contribution in [0.2, 0.25) is 0 Å². The van der Waals surface area contributed by atoms with Gasteiger partial charge in [-0.15, -0.1) is 0 Å². The van der Waals surface area contributed by atoms with Crippen molar-refractivity contribution in [3.63, 3.8) is 0 Å². The maximum Gasteiger partial charge on any atom is 0 e. The minimum absolute atomic E-state index is 0. The summed E-state index contributed by atoms with van der Waals surface area (Å²) in [5.41, 5.74) is 0. The molecule has 0 aromatic heterocycles. The van der Waals surface area contributed by atoms with Gasteiger partial charge in [0.25, 0.3) is 0 Å². The second-order valence-corrected chi connectivity index (χ2v) is 0. The predicted octanol–water partition coefficient (Wildman–Crippen LogP) is -0.885. The first-order chi connectivity index (χ1) is 1.00. The Labute approximate surface area is 135 Å². The van der Waals surface area contributed by atoms with E-state index >= 15 is 0 Å². The fourth-order valence-corrected chi connectivity index (χ4v) is 0. The van der Waals surface area contributed by atoms with E-state index in [-0.39, 0.29) is 119 Å². The predicted molar refractivity (Wildman–Crippen MR) is 12.2 cm³/mol. The summed E-state index contributed by atoms with van der Waals surface area (Å²) in [4.78, 5) is 0. The van der Waals surface area contributed by atoms with Crippen LogP contribution < -0.4 is 0 Å². The molecule has 1 nitrogen and oxygen atoms in total. The maximum absolute atomic E-state index is 7.81. The molecule has 0 N–H and O–H groups in total. The standard InChI is InChI=1S/Ba.Ca.Cu.O.Y. The molecule has 0 heterocycles. The van der Waals surface area contributed by atoms with Crippen molar-refractivity contribution in [2.75, 3.05) is 0 Å². The third-order valence-electron chi connectivity index (χ3n) is 0. The van der Waals surface area contributed by atoms with Crippen LogP contribution in [0.3, 0.4) is 0 Å². The normalized spacial score (nSPS) is 1.20. The SMILES string of the molecule is [Ba].[Ca].[O]=[Cu].[Y]. The molecule has 5 radical (unpaired) electrons. The summed E-state index contributed by atoms with van der Waals surface area (Å²) in [5.74, 6) is 0. The molecule has 24 valence electrons. The van der Waals surface area contributed by atoms with Crippen LogP contribution in [0.25, 0.3) is 0 Å². The summed E-state index contributed by atoms with van der Waals surface area (Å²) < 4.78 is 7.81. The van der Waals surface area contributed by atoms with Crippen LogP contribution in [-0.4, -0.2) is 86.6 Å². The van der Waals surface area contributed by atoms with Gasteiger partial charge in [0.1, 0.15) is 0 Å². The first-order valence-electron chi connectivity index (χ1n) is 0.123. The fraction of sp³-hybridized carbons (Fsp3) is 0. The average Bonchev–Trinajstić information content (AvgIpc) is 1.00. The minimum atomic E-state index is 0. The zero-order valence-electron chi connectivity index (χ0n) is 2.70. The molecular weight excluding hydrogens is 346 g/mol. The Balaban J connectivity index is -0.00000000167. The Morgan fingerprint density at radius 3 is 1.20 bits per heavy atom. The monoisotopic (exact) mass is 346 g/mol. The molecule has 0 spiro atoms. The molecule has 0 aliphatic heterocycles. The van der Waals surface area contributed by atoms with E-state index in [4.69, 9.17) is 3.83 Å². The van der Waals surface area contributed by atoms with E-state index in [1.165, 1.54) is 0 Å². The van der Waals surface area contributed by atoms with Gasteiger partial charge in [-0.2, -0.15) is 0 Å². The third kappa shape index (κ3) is 17.8. The average molecular weight is 346 g/mol. The smallest absolute Gasteiger partial charge is 0 e. The quantitative estimate of drug-likeness (QED) is 0.521. The van der Waals surface area contributed by atoms with E-state index in [9.17, 15) is 0 Å². The van der Waals surface area contributed by atoms with Crippen molar-refractivity contribution in [2.24, 2.45) is 0 Å². The van der Waals surface area contributed by atoms with Gasteiger partial charge < -0.3 is 0 Å². The van der Waals surface area contributed by atoms with Gasteiger partial charge in [-0.25, -0.2) is 0 Å². The molecule has 0 saturated carbocycles. The van der Waals surface area contributed by atoms with Crippen LogP contribution in [0, 0.1) is 0 Å². The molecule has 0 saturated heterocycles. The van der Waals surface area contributed by atoms with E-state index in [2.05, 4.69) is 15.9 Å². The Bertz CT molecular complexity index is 11.6. The molecule has 0 rings (SSSR count). The molecule has 0 aromatic carbocycles. The summed E-state index contributed by atoms with van der Waals surface area (Å²) in [6.07, 6.45) is 0. The van der Waals surface area contributed by atoms with Crippen molar-refractivity contribution < 1.29 is 52.5 Å². The van der Waals surface area contributed by atoms with Gasteiger partial charge in [0.15, 0.2) is 0 Å². The van der Waals surface area contributed by atoms with Gasteiger partial charge in [0, 0.05) is 119 Å². The van der Waals surface area contributed by atoms with Gasteiger partial charge >= 0.3 is 19.8 Å². The largest absolute Gasteiger partial charge is 0 e. The molecule has 0 unspecified atom stereocenters. The number of hydrogen-bond donors (Lipinski definition) is 0. The molecular formula is BaCaCuOY. The van der Waals surface area contributed by atoms with Gasteiger partial charge in [-0.1, -0.05) is 0 Å². The summed E-state index contributed by atoms with van der Waals surface area (Å²) in [6.45, 7) is 0. The van der Waals surface area contributed by atoms with Gasteiger partial charge in [-0.3, -0.25) is 0 Å². The summed E-state index contributed by atoms with van der Waals surface area (Å²) in [7, 11) is 0. The van der Waals surface area contributed by atoms with Gasteiger partial charge in [-0.05, 0) is 0 Å². The van der Waals surface area contributed by atoms with E-state index < -0.39 is 0 Å². The van der Waals surface area contributed by atoms with Crippen LogP contribution in [0.4, 0.5) is 0 Å². The van der Waals surface area contributed by atoms with Crippen LogP contribution in [-0.2, 0) is 52.5 Å². The maximum atomic E-state index is 7.81. The van der Waals surface area contributed by atoms with Crippen molar-refractivity contribution in [1.29, 1.82) is 0 Å². The summed E-state index contributed by atoms with van der Waals surface area (Å²) in [6, 6.07) is 0. The Kier molecular flexibility index (Phi) is 110. The molecule has 5 heteroatoms. The molecule has 0 aromatic rings. The Morgan fingerprint density at radius 2 is 1.20 bits per heavy atom. The minimum Gasteiger partial charge on any atom is 0 e. The topological polar surface area (TPSA) is 17.1 Å². The molecule has 0 aliphatic rings. The molecule has 0 atom stereocenters. The van der Waals surface area contributed by atoms with E-state index in [1.54, 1.807) is 0 Å². The van der Waals surface area contributed by atoms with Crippen LogP contribution in [0.15, 0.2) is 0 Å². The third-order valence-corrected chi connectivity index (χ3v) is 0.